The molecule has 0 aromatic heterocycles. The molecule has 1 N–H and O–H groups in total. The number of sulfonamides is 1. The van der Waals surface area contributed by atoms with Crippen molar-refractivity contribution in [1.29, 1.82) is 0 Å². The van der Waals surface area contributed by atoms with Crippen molar-refractivity contribution in [3.63, 3.8) is 0 Å². The van der Waals surface area contributed by atoms with Gasteiger partial charge in [0.2, 0.25) is 10.0 Å². The highest BCUT2D eigenvalue weighted by molar-refractivity contribution is 7.89. The monoisotopic (exact) mass is 289 g/mol. The number of piperazine rings is 1. The second-order valence-electron chi connectivity index (χ2n) is 5.83. The lowest BCUT2D eigenvalue weighted by Crippen LogP contribution is -2.54. The Labute approximate surface area is 117 Å². The van der Waals surface area contributed by atoms with E-state index in [0.717, 1.165) is 39.0 Å². The average Bonchev–Trinajstić information content (AvgIpc) is 2.39. The molecule has 2 fully saturated rings. The van der Waals surface area contributed by atoms with Crippen molar-refractivity contribution in [2.24, 2.45) is 5.92 Å². The molecule has 2 aliphatic heterocycles. The zero-order valence-corrected chi connectivity index (χ0v) is 13.0. The van der Waals surface area contributed by atoms with E-state index in [4.69, 9.17) is 0 Å². The average molecular weight is 289 g/mol. The fraction of sp³-hybridized carbons (Fsp3) is 1.00. The van der Waals surface area contributed by atoms with Gasteiger partial charge >= 0.3 is 0 Å². The second kappa shape index (κ2) is 6.52. The molecule has 2 rings (SSSR count). The van der Waals surface area contributed by atoms with Crippen LogP contribution in [0.15, 0.2) is 0 Å². The van der Waals surface area contributed by atoms with Gasteiger partial charge in [-0.3, -0.25) is 4.90 Å². The molecule has 0 amide bonds. The fourth-order valence-electron chi connectivity index (χ4n) is 3.15. The van der Waals surface area contributed by atoms with E-state index in [0.29, 0.717) is 30.8 Å². The Bertz CT molecular complexity index is 379. The van der Waals surface area contributed by atoms with Gasteiger partial charge in [0.05, 0.1) is 5.75 Å². The van der Waals surface area contributed by atoms with E-state index >= 15 is 0 Å². The Morgan fingerprint density at radius 2 is 2.11 bits per heavy atom. The van der Waals surface area contributed by atoms with Crippen LogP contribution in [0.5, 0.6) is 0 Å². The summed E-state index contributed by atoms with van der Waals surface area (Å²) in [5.74, 6) is 0.608. The van der Waals surface area contributed by atoms with Crippen LogP contribution in [0.25, 0.3) is 0 Å². The first kappa shape index (κ1) is 15.2. The van der Waals surface area contributed by atoms with E-state index in [2.05, 4.69) is 24.1 Å². The Hall–Kier alpha value is -0.170. The molecule has 2 unspecified atom stereocenters. The first-order valence-corrected chi connectivity index (χ1v) is 9.06. The molecule has 2 heterocycles. The van der Waals surface area contributed by atoms with Gasteiger partial charge in [0.15, 0.2) is 0 Å². The molecule has 6 heteroatoms. The van der Waals surface area contributed by atoms with E-state index in [1.165, 1.54) is 0 Å². The minimum absolute atomic E-state index is 0.290. The first-order chi connectivity index (χ1) is 9.03. The summed E-state index contributed by atoms with van der Waals surface area (Å²) in [6.45, 7) is 9.30. The van der Waals surface area contributed by atoms with Crippen LogP contribution in [0.3, 0.4) is 0 Å². The van der Waals surface area contributed by atoms with Crippen molar-refractivity contribution in [1.82, 2.24) is 14.5 Å². The highest BCUT2D eigenvalue weighted by Crippen LogP contribution is 2.18. The second-order valence-corrected chi connectivity index (χ2v) is 7.84. The summed E-state index contributed by atoms with van der Waals surface area (Å²) in [5.41, 5.74) is 0. The minimum Gasteiger partial charge on any atom is -0.316 e. The molecular formula is C13H27N3O2S. The molecule has 0 aromatic carbocycles. The molecule has 2 aliphatic rings. The van der Waals surface area contributed by atoms with E-state index in [-0.39, 0.29) is 0 Å². The van der Waals surface area contributed by atoms with Crippen LogP contribution < -0.4 is 5.32 Å². The van der Waals surface area contributed by atoms with Crippen LogP contribution in [-0.2, 0) is 10.0 Å². The van der Waals surface area contributed by atoms with Gasteiger partial charge in [-0.15, -0.1) is 0 Å². The summed E-state index contributed by atoms with van der Waals surface area (Å²) in [4.78, 5) is 2.34. The van der Waals surface area contributed by atoms with E-state index in [1.54, 1.807) is 4.31 Å². The van der Waals surface area contributed by atoms with Crippen LogP contribution in [0.2, 0.25) is 0 Å². The van der Waals surface area contributed by atoms with E-state index < -0.39 is 10.0 Å². The smallest absolute Gasteiger partial charge is 0.214 e. The topological polar surface area (TPSA) is 52.7 Å². The molecule has 0 aromatic rings. The summed E-state index contributed by atoms with van der Waals surface area (Å²) < 4.78 is 26.7. The van der Waals surface area contributed by atoms with Gasteiger partial charge in [-0.25, -0.2) is 8.42 Å². The third-order valence-corrected chi connectivity index (χ3v) is 6.38. The lowest BCUT2D eigenvalue weighted by molar-refractivity contribution is 0.135. The van der Waals surface area contributed by atoms with Gasteiger partial charge in [-0.1, -0.05) is 6.92 Å². The minimum atomic E-state index is -3.08. The number of rotatable bonds is 4. The van der Waals surface area contributed by atoms with Crippen molar-refractivity contribution < 1.29 is 8.42 Å². The number of nitrogens with one attached hydrogen (secondary N) is 1. The number of likely N-dealkylation sites (N-methyl/N-ethyl adjacent to an activating group) is 1. The zero-order valence-electron chi connectivity index (χ0n) is 12.1. The number of hydrogen-bond donors (Lipinski definition) is 1. The predicted molar refractivity (Wildman–Crippen MR) is 77.7 cm³/mol. The molecule has 2 saturated heterocycles. The van der Waals surface area contributed by atoms with Crippen molar-refractivity contribution in [2.75, 3.05) is 45.0 Å². The summed E-state index contributed by atoms with van der Waals surface area (Å²) in [6.07, 6.45) is 2.14. The first-order valence-electron chi connectivity index (χ1n) is 7.45. The number of nitrogens with zero attached hydrogens (tertiary/aromatic N) is 2. The quantitative estimate of drug-likeness (QED) is 0.811. The Balaban J connectivity index is 1.92. The Kier molecular flexibility index (Phi) is 5.22. The summed E-state index contributed by atoms with van der Waals surface area (Å²) in [7, 11) is -3.08. The lowest BCUT2D eigenvalue weighted by atomic mass is 10.0. The normalized spacial score (nSPS) is 31.5. The van der Waals surface area contributed by atoms with Crippen LogP contribution in [0, 0.1) is 5.92 Å². The molecule has 0 spiro atoms. The third-order valence-electron chi connectivity index (χ3n) is 4.37. The number of hydrogen-bond acceptors (Lipinski definition) is 4. The third kappa shape index (κ3) is 3.90. The largest absolute Gasteiger partial charge is 0.316 e. The molecule has 0 saturated carbocycles. The maximum atomic E-state index is 12.5. The van der Waals surface area contributed by atoms with Crippen LogP contribution in [0.1, 0.15) is 26.7 Å². The van der Waals surface area contributed by atoms with E-state index in [1.807, 2.05) is 0 Å². The molecular weight excluding hydrogens is 262 g/mol. The molecule has 0 radical (unpaired) electrons. The highest BCUT2D eigenvalue weighted by Gasteiger charge is 2.32. The summed E-state index contributed by atoms with van der Waals surface area (Å²) in [6, 6.07) is 0.331. The maximum Gasteiger partial charge on any atom is 0.214 e. The van der Waals surface area contributed by atoms with Crippen LogP contribution in [0.4, 0.5) is 0 Å². The summed E-state index contributed by atoms with van der Waals surface area (Å²) in [5, 5.41) is 3.29. The zero-order chi connectivity index (χ0) is 13.9. The highest BCUT2D eigenvalue weighted by atomic mass is 32.2. The van der Waals surface area contributed by atoms with Crippen molar-refractivity contribution in [2.45, 2.75) is 32.7 Å². The SMILES string of the molecule is CCN1CCN(S(=O)(=O)CC2CCCNC2)CC1C. The molecule has 19 heavy (non-hydrogen) atoms. The Morgan fingerprint density at radius 1 is 1.32 bits per heavy atom. The molecule has 2 atom stereocenters. The Morgan fingerprint density at radius 3 is 2.68 bits per heavy atom. The maximum absolute atomic E-state index is 12.5. The van der Waals surface area contributed by atoms with Crippen LogP contribution >= 0.6 is 0 Å². The van der Waals surface area contributed by atoms with Crippen molar-refractivity contribution in [3.8, 4) is 0 Å². The van der Waals surface area contributed by atoms with E-state index in [9.17, 15) is 8.42 Å². The van der Waals surface area contributed by atoms with Gasteiger partial charge in [0.25, 0.3) is 0 Å². The lowest BCUT2D eigenvalue weighted by Gasteiger charge is -2.39. The van der Waals surface area contributed by atoms with Gasteiger partial charge in [-0.05, 0) is 45.3 Å². The predicted octanol–water partition coefficient (Wildman–Crippen LogP) is 0.342. The molecule has 0 aliphatic carbocycles. The van der Waals surface area contributed by atoms with Gasteiger partial charge in [0, 0.05) is 25.7 Å². The molecule has 0 bridgehead atoms. The molecule has 5 nitrogen and oxygen atoms in total. The van der Waals surface area contributed by atoms with Gasteiger partial charge in [-0.2, -0.15) is 4.31 Å². The van der Waals surface area contributed by atoms with Crippen molar-refractivity contribution in [3.05, 3.63) is 0 Å². The van der Waals surface area contributed by atoms with Crippen molar-refractivity contribution >= 4 is 10.0 Å². The molecule has 112 valence electrons. The van der Waals surface area contributed by atoms with Gasteiger partial charge in [0.1, 0.15) is 0 Å². The summed E-state index contributed by atoms with van der Waals surface area (Å²) >= 11 is 0. The standard InChI is InChI=1S/C13H27N3O2S/c1-3-15-7-8-16(10-12(15)2)19(17,18)11-13-5-4-6-14-9-13/h12-14H,3-11H2,1-2H3. The van der Waals surface area contributed by atoms with Crippen LogP contribution in [-0.4, -0.2) is 68.7 Å². The number of piperidine rings is 1. The van der Waals surface area contributed by atoms with Gasteiger partial charge < -0.3 is 5.32 Å². The fourth-order valence-corrected chi connectivity index (χ4v) is 5.05.